The van der Waals surface area contributed by atoms with Gasteiger partial charge in [-0.2, -0.15) is 0 Å². The molecule has 3 heteroatoms. The standard InChI is InChI=1S/C13H14N2S/c1-9-3-4-11(7-10(9)2)16-12-5-6-15-13(14)8-12/h3-8H,1-2H3,(H2,14,15). The predicted octanol–water partition coefficient (Wildman–Crippen LogP) is 3.43. The summed E-state index contributed by atoms with van der Waals surface area (Å²) < 4.78 is 0. The lowest BCUT2D eigenvalue weighted by Gasteiger charge is -2.05. The molecule has 2 N–H and O–H groups in total. The monoisotopic (exact) mass is 230 g/mol. The number of aromatic nitrogens is 1. The van der Waals surface area contributed by atoms with Gasteiger partial charge in [0.25, 0.3) is 0 Å². The summed E-state index contributed by atoms with van der Waals surface area (Å²) >= 11 is 1.70. The largest absolute Gasteiger partial charge is 0.384 e. The highest BCUT2D eigenvalue weighted by Crippen LogP contribution is 2.29. The van der Waals surface area contributed by atoms with E-state index in [4.69, 9.17) is 5.73 Å². The fourth-order valence-electron chi connectivity index (χ4n) is 1.40. The van der Waals surface area contributed by atoms with Gasteiger partial charge in [-0.25, -0.2) is 4.98 Å². The normalized spacial score (nSPS) is 10.4. The summed E-state index contributed by atoms with van der Waals surface area (Å²) in [6.07, 6.45) is 1.73. The van der Waals surface area contributed by atoms with E-state index in [0.717, 1.165) is 4.90 Å². The van der Waals surface area contributed by atoms with Crippen molar-refractivity contribution in [3.63, 3.8) is 0 Å². The van der Waals surface area contributed by atoms with Gasteiger partial charge >= 0.3 is 0 Å². The molecule has 2 nitrogen and oxygen atoms in total. The van der Waals surface area contributed by atoms with Gasteiger partial charge < -0.3 is 5.73 Å². The van der Waals surface area contributed by atoms with Crippen molar-refractivity contribution in [3.8, 4) is 0 Å². The SMILES string of the molecule is Cc1ccc(Sc2ccnc(N)c2)cc1C. The molecule has 16 heavy (non-hydrogen) atoms. The van der Waals surface area contributed by atoms with Crippen LogP contribution in [0.4, 0.5) is 5.82 Å². The lowest BCUT2D eigenvalue weighted by molar-refractivity contribution is 1.25. The maximum absolute atomic E-state index is 5.64. The Labute approximate surface area is 99.9 Å². The molecule has 0 spiro atoms. The molecular weight excluding hydrogens is 216 g/mol. The number of aryl methyl sites for hydroxylation is 2. The molecule has 2 aromatic rings. The number of benzene rings is 1. The summed E-state index contributed by atoms with van der Waals surface area (Å²) in [7, 11) is 0. The molecule has 1 aromatic carbocycles. The fraction of sp³-hybridized carbons (Fsp3) is 0.154. The smallest absolute Gasteiger partial charge is 0.124 e. The van der Waals surface area contributed by atoms with Crippen molar-refractivity contribution in [2.24, 2.45) is 0 Å². The molecule has 0 aliphatic heterocycles. The summed E-state index contributed by atoms with van der Waals surface area (Å²) in [6.45, 7) is 4.24. The van der Waals surface area contributed by atoms with Gasteiger partial charge in [-0.1, -0.05) is 17.8 Å². The van der Waals surface area contributed by atoms with E-state index < -0.39 is 0 Å². The topological polar surface area (TPSA) is 38.9 Å². The van der Waals surface area contributed by atoms with Gasteiger partial charge in [0.15, 0.2) is 0 Å². The molecule has 1 heterocycles. The minimum Gasteiger partial charge on any atom is -0.384 e. The molecule has 0 radical (unpaired) electrons. The van der Waals surface area contributed by atoms with Crippen LogP contribution in [-0.2, 0) is 0 Å². The number of hydrogen-bond acceptors (Lipinski definition) is 3. The lowest BCUT2D eigenvalue weighted by atomic mass is 10.1. The number of nitrogens with two attached hydrogens (primary N) is 1. The molecule has 82 valence electrons. The number of nitrogen functional groups attached to an aromatic ring is 1. The Bertz CT molecular complexity index is 509. The van der Waals surface area contributed by atoms with Gasteiger partial charge in [0.1, 0.15) is 5.82 Å². The van der Waals surface area contributed by atoms with Crippen LogP contribution in [0.1, 0.15) is 11.1 Å². The van der Waals surface area contributed by atoms with Crippen LogP contribution in [0.15, 0.2) is 46.3 Å². The van der Waals surface area contributed by atoms with Crippen molar-refractivity contribution in [2.75, 3.05) is 5.73 Å². The van der Waals surface area contributed by atoms with Gasteiger partial charge in [0.05, 0.1) is 0 Å². The Balaban J connectivity index is 2.24. The van der Waals surface area contributed by atoms with Gasteiger partial charge in [0, 0.05) is 16.0 Å². The Hall–Kier alpha value is -1.48. The van der Waals surface area contributed by atoms with Crippen LogP contribution in [0.5, 0.6) is 0 Å². The zero-order valence-corrected chi connectivity index (χ0v) is 10.2. The number of anilines is 1. The molecule has 0 atom stereocenters. The van der Waals surface area contributed by atoms with Crippen LogP contribution < -0.4 is 5.73 Å². The molecule has 0 fully saturated rings. The zero-order valence-electron chi connectivity index (χ0n) is 9.40. The first-order valence-electron chi connectivity index (χ1n) is 5.12. The van der Waals surface area contributed by atoms with Crippen molar-refractivity contribution in [1.29, 1.82) is 0 Å². The second-order valence-electron chi connectivity index (χ2n) is 3.76. The van der Waals surface area contributed by atoms with Crippen LogP contribution >= 0.6 is 11.8 Å². The maximum atomic E-state index is 5.64. The van der Waals surface area contributed by atoms with E-state index in [1.165, 1.54) is 16.0 Å². The highest BCUT2D eigenvalue weighted by Gasteiger charge is 2.00. The zero-order chi connectivity index (χ0) is 11.5. The molecular formula is C13H14N2S. The molecule has 2 rings (SSSR count). The van der Waals surface area contributed by atoms with E-state index in [-0.39, 0.29) is 0 Å². The molecule has 0 amide bonds. The second-order valence-corrected chi connectivity index (χ2v) is 4.91. The Morgan fingerprint density at radius 2 is 1.75 bits per heavy atom. The molecule has 0 aliphatic rings. The van der Waals surface area contributed by atoms with Crippen molar-refractivity contribution in [3.05, 3.63) is 47.7 Å². The van der Waals surface area contributed by atoms with Crippen LogP contribution in [0.25, 0.3) is 0 Å². The lowest BCUT2D eigenvalue weighted by Crippen LogP contribution is -1.88. The number of rotatable bonds is 2. The quantitative estimate of drug-likeness (QED) is 0.859. The van der Waals surface area contributed by atoms with E-state index in [1.54, 1.807) is 18.0 Å². The van der Waals surface area contributed by atoms with E-state index >= 15 is 0 Å². The third-order valence-electron chi connectivity index (χ3n) is 2.47. The average Bonchev–Trinajstić information content (AvgIpc) is 2.24. The predicted molar refractivity (Wildman–Crippen MR) is 68.7 cm³/mol. The fourth-order valence-corrected chi connectivity index (χ4v) is 2.36. The molecule has 0 bridgehead atoms. The van der Waals surface area contributed by atoms with Crippen molar-refractivity contribution >= 4 is 17.6 Å². The summed E-state index contributed by atoms with van der Waals surface area (Å²) in [5.74, 6) is 0.564. The van der Waals surface area contributed by atoms with Gasteiger partial charge in [-0.3, -0.25) is 0 Å². The maximum Gasteiger partial charge on any atom is 0.124 e. The van der Waals surface area contributed by atoms with Crippen LogP contribution in [0.3, 0.4) is 0 Å². The Kier molecular flexibility index (Phi) is 3.15. The Morgan fingerprint density at radius 1 is 1.00 bits per heavy atom. The highest BCUT2D eigenvalue weighted by atomic mass is 32.2. The molecule has 0 unspecified atom stereocenters. The number of hydrogen-bond donors (Lipinski definition) is 1. The summed E-state index contributed by atoms with van der Waals surface area (Å²) in [4.78, 5) is 6.33. The van der Waals surface area contributed by atoms with Gasteiger partial charge in [-0.15, -0.1) is 0 Å². The first-order valence-corrected chi connectivity index (χ1v) is 5.93. The number of nitrogens with zero attached hydrogens (tertiary/aromatic N) is 1. The van der Waals surface area contributed by atoms with Crippen LogP contribution in [0.2, 0.25) is 0 Å². The van der Waals surface area contributed by atoms with Crippen molar-refractivity contribution < 1.29 is 0 Å². The summed E-state index contributed by atoms with van der Waals surface area (Å²) in [6, 6.07) is 10.3. The molecule has 0 aliphatic carbocycles. The first-order chi connectivity index (χ1) is 7.65. The van der Waals surface area contributed by atoms with Gasteiger partial charge in [-0.05, 0) is 49.2 Å². The van der Waals surface area contributed by atoms with Crippen LogP contribution in [-0.4, -0.2) is 4.98 Å². The van der Waals surface area contributed by atoms with E-state index in [2.05, 4.69) is 37.0 Å². The second kappa shape index (κ2) is 4.58. The first kappa shape index (κ1) is 11.0. The van der Waals surface area contributed by atoms with E-state index in [0.29, 0.717) is 5.82 Å². The molecule has 1 aromatic heterocycles. The Morgan fingerprint density at radius 3 is 2.44 bits per heavy atom. The summed E-state index contributed by atoms with van der Waals surface area (Å²) in [5, 5.41) is 0. The van der Waals surface area contributed by atoms with Gasteiger partial charge in [0.2, 0.25) is 0 Å². The third kappa shape index (κ3) is 2.55. The summed E-state index contributed by atoms with van der Waals surface area (Å²) in [5.41, 5.74) is 8.27. The van der Waals surface area contributed by atoms with Crippen LogP contribution in [0, 0.1) is 13.8 Å². The van der Waals surface area contributed by atoms with E-state index in [1.807, 2.05) is 12.1 Å². The third-order valence-corrected chi connectivity index (χ3v) is 3.45. The van der Waals surface area contributed by atoms with Crippen molar-refractivity contribution in [1.82, 2.24) is 4.98 Å². The highest BCUT2D eigenvalue weighted by molar-refractivity contribution is 7.99. The molecule has 0 saturated heterocycles. The van der Waals surface area contributed by atoms with E-state index in [9.17, 15) is 0 Å². The average molecular weight is 230 g/mol. The minimum absolute atomic E-state index is 0.564. The minimum atomic E-state index is 0.564. The van der Waals surface area contributed by atoms with Crippen molar-refractivity contribution in [2.45, 2.75) is 23.6 Å². The number of pyridine rings is 1. The molecule has 0 saturated carbocycles.